The normalized spacial score (nSPS) is 27.0. The van der Waals surface area contributed by atoms with Crippen molar-refractivity contribution in [1.82, 2.24) is 0 Å². The molecule has 0 amide bonds. The van der Waals surface area contributed by atoms with Gasteiger partial charge >= 0.3 is 11.9 Å². The molecule has 0 aromatic carbocycles. The molecule has 0 aromatic rings. The summed E-state index contributed by atoms with van der Waals surface area (Å²) in [6.45, 7) is 3.09. The third-order valence-corrected chi connectivity index (χ3v) is 2.35. The summed E-state index contributed by atoms with van der Waals surface area (Å²) < 4.78 is 19.8. The first-order valence-electron chi connectivity index (χ1n) is 5.68. The summed E-state index contributed by atoms with van der Waals surface area (Å²) in [7, 11) is 1.11. The second-order valence-corrected chi connectivity index (χ2v) is 3.86. The van der Waals surface area contributed by atoms with Gasteiger partial charge in [0.2, 0.25) is 0 Å². The van der Waals surface area contributed by atoms with E-state index in [0.29, 0.717) is 0 Å². The summed E-state index contributed by atoms with van der Waals surface area (Å²) in [6.07, 6.45) is 0.586. The monoisotopic (exact) mass is 272 g/mol. The van der Waals surface area contributed by atoms with Crippen molar-refractivity contribution in [2.24, 2.45) is 0 Å². The van der Waals surface area contributed by atoms with Gasteiger partial charge in [0, 0.05) is 6.92 Å². The quantitative estimate of drug-likeness (QED) is 0.403. The van der Waals surface area contributed by atoms with Crippen LogP contribution in [0.1, 0.15) is 13.8 Å². The van der Waals surface area contributed by atoms with E-state index in [4.69, 9.17) is 14.2 Å². The molecular formula is C12H16O7. The molecule has 0 saturated carbocycles. The second-order valence-electron chi connectivity index (χ2n) is 3.86. The summed E-state index contributed by atoms with van der Waals surface area (Å²) in [5.74, 6) is -2.27. The molecule has 106 valence electrons. The molecule has 0 aliphatic carbocycles. The van der Waals surface area contributed by atoms with Crippen LogP contribution in [0.25, 0.3) is 0 Å². The van der Waals surface area contributed by atoms with Crippen LogP contribution in [-0.4, -0.2) is 49.9 Å². The molecule has 1 fully saturated rings. The van der Waals surface area contributed by atoms with E-state index in [2.05, 4.69) is 4.74 Å². The Hall–Kier alpha value is -1.73. The molecule has 0 spiro atoms. The Kier molecular flexibility index (Phi) is 5.65. The summed E-state index contributed by atoms with van der Waals surface area (Å²) in [5.41, 5.74) is 0. The van der Waals surface area contributed by atoms with Crippen LogP contribution in [0.2, 0.25) is 0 Å². The Balaban J connectivity index is 2.69. The molecule has 1 aliphatic heterocycles. The maximum Gasteiger partial charge on any atom is 0.378 e. The number of ether oxygens (including phenoxy) is 4. The van der Waals surface area contributed by atoms with Crippen molar-refractivity contribution in [3.05, 3.63) is 12.2 Å². The molecule has 0 radical (unpaired) electrons. The van der Waals surface area contributed by atoms with Crippen LogP contribution in [0, 0.1) is 0 Å². The summed E-state index contributed by atoms with van der Waals surface area (Å²) in [5, 5.41) is 0. The summed E-state index contributed by atoms with van der Waals surface area (Å²) in [4.78, 5) is 33.1. The minimum Gasteiger partial charge on any atom is -0.463 e. The fourth-order valence-electron chi connectivity index (χ4n) is 1.51. The Morgan fingerprint density at radius 2 is 2.00 bits per heavy atom. The molecule has 1 heterocycles. The number of hydrogen-bond acceptors (Lipinski definition) is 7. The molecule has 7 nitrogen and oxygen atoms in total. The van der Waals surface area contributed by atoms with Crippen LogP contribution in [0.15, 0.2) is 12.2 Å². The second kappa shape index (κ2) is 7.01. The van der Waals surface area contributed by atoms with Crippen LogP contribution in [0.5, 0.6) is 0 Å². The van der Waals surface area contributed by atoms with Gasteiger partial charge in [-0.1, -0.05) is 0 Å². The Morgan fingerprint density at radius 1 is 1.32 bits per heavy atom. The minimum atomic E-state index is -0.972. The maximum atomic E-state index is 11.3. The smallest absolute Gasteiger partial charge is 0.378 e. The van der Waals surface area contributed by atoms with Crippen molar-refractivity contribution in [2.45, 2.75) is 32.3 Å². The minimum absolute atomic E-state index is 0.155. The molecule has 0 aromatic heterocycles. The number of rotatable bonds is 4. The molecule has 19 heavy (non-hydrogen) atoms. The van der Waals surface area contributed by atoms with Crippen LogP contribution in [-0.2, 0) is 33.3 Å². The van der Waals surface area contributed by atoms with E-state index >= 15 is 0 Å². The first-order chi connectivity index (χ1) is 8.93. The SMILES string of the molecule is COC(=O)C(=O)/C=C/[C@@H]1O[C@H](C)OC[C@H]1OC(C)=O. The first-order valence-corrected chi connectivity index (χ1v) is 5.68. The largest absolute Gasteiger partial charge is 0.463 e. The molecule has 1 rings (SSSR count). The van der Waals surface area contributed by atoms with E-state index in [1.165, 1.54) is 13.0 Å². The van der Waals surface area contributed by atoms with Gasteiger partial charge in [-0.15, -0.1) is 0 Å². The van der Waals surface area contributed by atoms with E-state index in [9.17, 15) is 14.4 Å². The highest BCUT2D eigenvalue weighted by molar-refractivity contribution is 6.38. The Morgan fingerprint density at radius 3 is 2.58 bits per heavy atom. The first kappa shape index (κ1) is 15.3. The summed E-state index contributed by atoms with van der Waals surface area (Å²) >= 11 is 0. The van der Waals surface area contributed by atoms with Crippen molar-refractivity contribution in [1.29, 1.82) is 0 Å². The lowest BCUT2D eigenvalue weighted by Crippen LogP contribution is -2.44. The van der Waals surface area contributed by atoms with Gasteiger partial charge in [-0.3, -0.25) is 9.59 Å². The maximum absolute atomic E-state index is 11.3. The third-order valence-electron chi connectivity index (χ3n) is 2.35. The number of ketones is 1. The topological polar surface area (TPSA) is 88.1 Å². The van der Waals surface area contributed by atoms with Gasteiger partial charge < -0.3 is 18.9 Å². The van der Waals surface area contributed by atoms with Crippen LogP contribution in [0.4, 0.5) is 0 Å². The molecule has 0 N–H and O–H groups in total. The van der Waals surface area contributed by atoms with Gasteiger partial charge in [0.1, 0.15) is 6.10 Å². The van der Waals surface area contributed by atoms with Gasteiger partial charge in [0.15, 0.2) is 12.4 Å². The van der Waals surface area contributed by atoms with E-state index in [0.717, 1.165) is 13.2 Å². The average Bonchev–Trinajstić information content (AvgIpc) is 2.37. The average molecular weight is 272 g/mol. The highest BCUT2D eigenvalue weighted by atomic mass is 16.7. The number of methoxy groups -OCH3 is 1. The van der Waals surface area contributed by atoms with Gasteiger partial charge in [-0.05, 0) is 19.1 Å². The molecule has 3 atom stereocenters. The number of carbonyl (C=O) groups excluding carboxylic acids is 3. The molecule has 7 heteroatoms. The van der Waals surface area contributed by atoms with Crippen molar-refractivity contribution in [2.75, 3.05) is 13.7 Å². The van der Waals surface area contributed by atoms with Crippen molar-refractivity contribution >= 4 is 17.7 Å². The van der Waals surface area contributed by atoms with Gasteiger partial charge in [0.05, 0.1) is 13.7 Å². The van der Waals surface area contributed by atoms with E-state index in [1.54, 1.807) is 6.92 Å². The zero-order valence-corrected chi connectivity index (χ0v) is 11.0. The highest BCUT2D eigenvalue weighted by Gasteiger charge is 2.31. The Bertz CT molecular complexity index is 388. The zero-order valence-electron chi connectivity index (χ0n) is 11.0. The zero-order chi connectivity index (χ0) is 14.4. The van der Waals surface area contributed by atoms with Gasteiger partial charge in [-0.2, -0.15) is 0 Å². The molecule has 1 aliphatic rings. The molecule has 1 saturated heterocycles. The fraction of sp³-hybridized carbons (Fsp3) is 0.583. The van der Waals surface area contributed by atoms with Crippen molar-refractivity contribution in [3.63, 3.8) is 0 Å². The predicted molar refractivity (Wildman–Crippen MR) is 62.0 cm³/mol. The molecular weight excluding hydrogens is 256 g/mol. The van der Waals surface area contributed by atoms with Crippen LogP contribution >= 0.6 is 0 Å². The van der Waals surface area contributed by atoms with Crippen LogP contribution in [0.3, 0.4) is 0 Å². The lowest BCUT2D eigenvalue weighted by Gasteiger charge is -2.32. The molecule has 0 bridgehead atoms. The number of hydrogen-bond donors (Lipinski definition) is 0. The van der Waals surface area contributed by atoms with E-state index in [-0.39, 0.29) is 6.61 Å². The van der Waals surface area contributed by atoms with Crippen LogP contribution < -0.4 is 0 Å². The third kappa shape index (κ3) is 4.80. The standard InChI is InChI=1S/C12H16O7/c1-7(13)18-11-6-17-8(2)19-10(11)5-4-9(14)12(15)16-3/h4-5,8,10-11H,6H2,1-3H3/b5-4+/t8-,10+,11-/m1/s1. The number of esters is 2. The van der Waals surface area contributed by atoms with Gasteiger partial charge in [0.25, 0.3) is 5.78 Å². The predicted octanol–water partition coefficient (Wildman–Crippen LogP) is -0.0222. The lowest BCUT2D eigenvalue weighted by atomic mass is 10.1. The summed E-state index contributed by atoms with van der Waals surface area (Å²) in [6, 6.07) is 0. The van der Waals surface area contributed by atoms with E-state index < -0.39 is 36.2 Å². The lowest BCUT2D eigenvalue weighted by molar-refractivity contribution is -0.238. The van der Waals surface area contributed by atoms with E-state index in [1.807, 2.05) is 0 Å². The Labute approximate surface area is 110 Å². The van der Waals surface area contributed by atoms with Crippen molar-refractivity contribution in [3.8, 4) is 0 Å². The highest BCUT2D eigenvalue weighted by Crippen LogP contribution is 2.17. The fourth-order valence-corrected chi connectivity index (χ4v) is 1.51. The van der Waals surface area contributed by atoms with Gasteiger partial charge in [-0.25, -0.2) is 4.79 Å². The van der Waals surface area contributed by atoms with Crippen molar-refractivity contribution < 1.29 is 33.3 Å². The number of carbonyl (C=O) groups is 3. The molecule has 0 unspecified atom stereocenters.